The summed E-state index contributed by atoms with van der Waals surface area (Å²) in [7, 11) is 0. The molecule has 0 rings (SSSR count). The largest absolute Gasteiger partial charge is 0.465 e. The Balaban J connectivity index is 3.36. The fourth-order valence-electron chi connectivity index (χ4n) is 1.95. The molecular formula is C19H36O4. The van der Waals surface area contributed by atoms with Crippen LogP contribution < -0.4 is 0 Å². The second-order valence-corrected chi connectivity index (χ2v) is 7.92. The van der Waals surface area contributed by atoms with Crippen LogP contribution in [0.1, 0.15) is 86.0 Å². The van der Waals surface area contributed by atoms with Gasteiger partial charge >= 0.3 is 11.9 Å². The maximum atomic E-state index is 11.5. The summed E-state index contributed by atoms with van der Waals surface area (Å²) in [5.74, 6) is 0.224. The fraction of sp³-hybridized carbons (Fsp3) is 0.895. The third-order valence-corrected chi connectivity index (χ3v) is 3.26. The van der Waals surface area contributed by atoms with Gasteiger partial charge in [0.25, 0.3) is 0 Å². The molecule has 0 atom stereocenters. The number of hydrogen-bond acceptors (Lipinski definition) is 4. The highest BCUT2D eigenvalue weighted by Crippen LogP contribution is 2.14. The van der Waals surface area contributed by atoms with E-state index in [4.69, 9.17) is 9.47 Å². The van der Waals surface area contributed by atoms with Crippen LogP contribution in [-0.2, 0) is 19.1 Å². The normalized spacial score (nSPS) is 11.6. The molecule has 0 aromatic rings. The molecule has 0 amide bonds. The molecule has 0 N–H and O–H groups in total. The summed E-state index contributed by atoms with van der Waals surface area (Å²) in [5, 5.41) is 0. The third kappa shape index (κ3) is 17.1. The molecule has 0 saturated carbocycles. The maximum Gasteiger partial charge on any atom is 0.305 e. The molecule has 0 fully saturated rings. The van der Waals surface area contributed by atoms with Crippen molar-refractivity contribution >= 4 is 11.9 Å². The van der Waals surface area contributed by atoms with Crippen LogP contribution in [0.15, 0.2) is 0 Å². The predicted molar refractivity (Wildman–Crippen MR) is 93.1 cm³/mol. The van der Waals surface area contributed by atoms with Gasteiger partial charge in [0.1, 0.15) is 0 Å². The van der Waals surface area contributed by atoms with Gasteiger partial charge in [-0.3, -0.25) is 9.59 Å². The zero-order chi connectivity index (χ0) is 17.7. The summed E-state index contributed by atoms with van der Waals surface area (Å²) >= 11 is 0. The Bertz CT molecular complexity index is 329. The number of ether oxygens (including phenoxy) is 2. The molecule has 0 aliphatic carbocycles. The minimum absolute atomic E-state index is 0.0337. The van der Waals surface area contributed by atoms with Crippen molar-refractivity contribution in [3.8, 4) is 0 Å². The molecule has 0 saturated heterocycles. The Labute approximate surface area is 142 Å². The minimum atomic E-state index is -0.0900. The van der Waals surface area contributed by atoms with Gasteiger partial charge in [0, 0.05) is 12.8 Å². The molecule has 0 bridgehead atoms. The summed E-state index contributed by atoms with van der Waals surface area (Å²) in [6, 6.07) is 0. The van der Waals surface area contributed by atoms with Crippen LogP contribution in [0.3, 0.4) is 0 Å². The van der Waals surface area contributed by atoms with Crippen LogP contribution in [0.5, 0.6) is 0 Å². The SMILES string of the molecule is CC(C)COC(=O)CCCCCCCCC(=O)OCC(C)(C)C. The van der Waals surface area contributed by atoms with E-state index in [2.05, 4.69) is 20.8 Å². The van der Waals surface area contributed by atoms with Gasteiger partial charge in [-0.15, -0.1) is 0 Å². The van der Waals surface area contributed by atoms with E-state index in [9.17, 15) is 9.59 Å². The molecule has 4 heteroatoms. The standard InChI is InChI=1S/C19H36O4/c1-16(2)14-22-17(20)12-10-8-6-7-9-11-13-18(21)23-15-19(3,4)5/h16H,6-15H2,1-5H3. The first-order chi connectivity index (χ1) is 10.7. The van der Waals surface area contributed by atoms with E-state index in [0.29, 0.717) is 32.0 Å². The van der Waals surface area contributed by atoms with Crippen LogP contribution in [-0.4, -0.2) is 25.2 Å². The summed E-state index contributed by atoms with van der Waals surface area (Å²) in [6.45, 7) is 11.2. The monoisotopic (exact) mass is 328 g/mol. The maximum absolute atomic E-state index is 11.5. The molecule has 0 spiro atoms. The van der Waals surface area contributed by atoms with E-state index in [1.165, 1.54) is 0 Å². The van der Waals surface area contributed by atoms with Crippen LogP contribution in [0.4, 0.5) is 0 Å². The Hall–Kier alpha value is -1.06. The summed E-state index contributed by atoms with van der Waals surface area (Å²) in [6.07, 6.45) is 7.11. The zero-order valence-electron chi connectivity index (χ0n) is 15.8. The number of esters is 2. The van der Waals surface area contributed by atoms with Gasteiger partial charge in [-0.05, 0) is 24.2 Å². The van der Waals surface area contributed by atoms with Gasteiger partial charge in [-0.2, -0.15) is 0 Å². The molecule has 0 heterocycles. The lowest BCUT2D eigenvalue weighted by atomic mass is 9.99. The average Bonchev–Trinajstić information content (AvgIpc) is 2.45. The first kappa shape index (κ1) is 21.9. The van der Waals surface area contributed by atoms with Crippen molar-refractivity contribution in [3.05, 3.63) is 0 Å². The van der Waals surface area contributed by atoms with Crippen molar-refractivity contribution in [3.63, 3.8) is 0 Å². The van der Waals surface area contributed by atoms with Gasteiger partial charge in [0.2, 0.25) is 0 Å². The Morgan fingerprint density at radius 3 is 1.65 bits per heavy atom. The van der Waals surface area contributed by atoms with E-state index in [1.807, 2.05) is 13.8 Å². The van der Waals surface area contributed by atoms with Crippen LogP contribution in [0.2, 0.25) is 0 Å². The van der Waals surface area contributed by atoms with E-state index in [1.54, 1.807) is 0 Å². The van der Waals surface area contributed by atoms with E-state index < -0.39 is 0 Å². The zero-order valence-corrected chi connectivity index (χ0v) is 15.8. The van der Waals surface area contributed by atoms with Crippen molar-refractivity contribution in [2.45, 2.75) is 86.0 Å². The van der Waals surface area contributed by atoms with Gasteiger partial charge in [-0.25, -0.2) is 0 Å². The lowest BCUT2D eigenvalue weighted by molar-refractivity contribution is -0.146. The number of carbonyl (C=O) groups is 2. The summed E-state index contributed by atoms with van der Waals surface area (Å²) < 4.78 is 10.4. The number of carbonyl (C=O) groups excluding carboxylic acids is 2. The highest BCUT2D eigenvalue weighted by molar-refractivity contribution is 5.69. The predicted octanol–water partition coefficient (Wildman–Crippen LogP) is 4.90. The molecule has 0 aliphatic heterocycles. The quantitative estimate of drug-likeness (QED) is 0.378. The van der Waals surface area contributed by atoms with Crippen molar-refractivity contribution in [1.29, 1.82) is 0 Å². The molecular weight excluding hydrogens is 292 g/mol. The Morgan fingerprint density at radius 1 is 0.783 bits per heavy atom. The lowest BCUT2D eigenvalue weighted by Crippen LogP contribution is -2.18. The minimum Gasteiger partial charge on any atom is -0.465 e. The molecule has 4 nitrogen and oxygen atoms in total. The smallest absolute Gasteiger partial charge is 0.305 e. The molecule has 0 aromatic carbocycles. The van der Waals surface area contributed by atoms with E-state index >= 15 is 0 Å². The third-order valence-electron chi connectivity index (χ3n) is 3.26. The van der Waals surface area contributed by atoms with Crippen LogP contribution in [0, 0.1) is 11.3 Å². The van der Waals surface area contributed by atoms with Crippen molar-refractivity contribution in [1.82, 2.24) is 0 Å². The number of unbranched alkanes of at least 4 members (excludes halogenated alkanes) is 5. The molecule has 0 unspecified atom stereocenters. The molecule has 136 valence electrons. The van der Waals surface area contributed by atoms with Gasteiger partial charge in [0.05, 0.1) is 13.2 Å². The Morgan fingerprint density at radius 2 is 1.22 bits per heavy atom. The highest BCUT2D eigenvalue weighted by atomic mass is 16.5. The van der Waals surface area contributed by atoms with Gasteiger partial charge in [0.15, 0.2) is 0 Å². The molecule has 0 aromatic heterocycles. The summed E-state index contributed by atoms with van der Waals surface area (Å²) in [4.78, 5) is 23.0. The van der Waals surface area contributed by atoms with Crippen LogP contribution in [0.25, 0.3) is 0 Å². The second kappa shape index (κ2) is 12.4. The van der Waals surface area contributed by atoms with E-state index in [-0.39, 0.29) is 17.4 Å². The topological polar surface area (TPSA) is 52.6 Å². The van der Waals surface area contributed by atoms with Crippen LogP contribution >= 0.6 is 0 Å². The number of rotatable bonds is 12. The lowest BCUT2D eigenvalue weighted by Gasteiger charge is -2.17. The number of hydrogen-bond donors (Lipinski definition) is 0. The summed E-state index contributed by atoms with van der Waals surface area (Å²) in [5.41, 5.74) is 0.0337. The van der Waals surface area contributed by atoms with Gasteiger partial charge in [-0.1, -0.05) is 60.3 Å². The average molecular weight is 328 g/mol. The first-order valence-electron chi connectivity index (χ1n) is 9.02. The van der Waals surface area contributed by atoms with Crippen molar-refractivity contribution in [2.75, 3.05) is 13.2 Å². The molecule has 23 heavy (non-hydrogen) atoms. The molecule has 0 radical (unpaired) electrons. The molecule has 0 aliphatic rings. The fourth-order valence-corrected chi connectivity index (χ4v) is 1.95. The Kier molecular flexibility index (Phi) is 11.8. The van der Waals surface area contributed by atoms with E-state index in [0.717, 1.165) is 38.5 Å². The second-order valence-electron chi connectivity index (χ2n) is 7.92. The van der Waals surface area contributed by atoms with Crippen molar-refractivity contribution < 1.29 is 19.1 Å². The van der Waals surface area contributed by atoms with Gasteiger partial charge < -0.3 is 9.47 Å². The first-order valence-corrected chi connectivity index (χ1v) is 9.02. The highest BCUT2D eigenvalue weighted by Gasteiger charge is 2.13. The van der Waals surface area contributed by atoms with Crippen molar-refractivity contribution in [2.24, 2.45) is 11.3 Å².